The lowest BCUT2D eigenvalue weighted by Gasteiger charge is -2.30. The zero-order valence-electron chi connectivity index (χ0n) is 24.9. The fraction of sp³-hybridized carbons (Fsp3) is 0.355. The minimum Gasteiger partial charge on any atom is -0.381 e. The summed E-state index contributed by atoms with van der Waals surface area (Å²) in [6, 6.07) is 15.5. The number of halogens is 3. The van der Waals surface area contributed by atoms with Gasteiger partial charge in [-0.25, -0.2) is 4.68 Å². The van der Waals surface area contributed by atoms with Crippen LogP contribution in [0.5, 0.6) is 0 Å². The summed E-state index contributed by atoms with van der Waals surface area (Å²) in [5.41, 5.74) is -0.942. The van der Waals surface area contributed by atoms with Crippen LogP contribution in [0.25, 0.3) is 16.6 Å². The number of aromatic nitrogens is 2. The van der Waals surface area contributed by atoms with Crippen molar-refractivity contribution in [1.82, 2.24) is 9.78 Å². The van der Waals surface area contributed by atoms with Crippen LogP contribution in [-0.2, 0) is 19.0 Å². The minimum atomic E-state index is -5.24. The van der Waals surface area contributed by atoms with Gasteiger partial charge in [0.05, 0.1) is 34.4 Å². The molecular formula is C31H34F3N3O6S. The molecule has 1 unspecified atom stereocenters. The number of aryl methyl sites for hydroxylation is 2. The average molecular weight is 634 g/mol. The molecule has 1 heterocycles. The van der Waals surface area contributed by atoms with Crippen LogP contribution in [0.15, 0.2) is 71.8 Å². The van der Waals surface area contributed by atoms with Crippen LogP contribution in [0, 0.1) is 13.8 Å². The number of nitrogens with one attached hydrogen (secondary N) is 1. The van der Waals surface area contributed by atoms with E-state index in [1.165, 1.54) is 30.5 Å². The van der Waals surface area contributed by atoms with Crippen molar-refractivity contribution in [2.24, 2.45) is 0 Å². The van der Waals surface area contributed by atoms with Crippen LogP contribution >= 0.6 is 0 Å². The lowest BCUT2D eigenvalue weighted by molar-refractivity contribution is -0.262. The normalized spacial score (nSPS) is 14.0. The highest BCUT2D eigenvalue weighted by atomic mass is 32.2. The number of nitrogens with zero attached hydrogens (tertiary/aromatic N) is 2. The number of hydrogen-bond donors (Lipinski definition) is 2. The summed E-state index contributed by atoms with van der Waals surface area (Å²) in [7, 11) is -4.58. The molecule has 1 aromatic heterocycles. The fourth-order valence-corrected chi connectivity index (χ4v) is 5.17. The Balaban J connectivity index is 1.58. The summed E-state index contributed by atoms with van der Waals surface area (Å²) in [6.45, 7) is 6.20. The van der Waals surface area contributed by atoms with Crippen molar-refractivity contribution < 1.29 is 40.4 Å². The summed E-state index contributed by atoms with van der Waals surface area (Å²) < 4.78 is 79.1. The van der Waals surface area contributed by atoms with Crippen molar-refractivity contribution >= 4 is 32.5 Å². The van der Waals surface area contributed by atoms with Crippen molar-refractivity contribution in [2.45, 2.75) is 56.9 Å². The first kappa shape index (κ1) is 33.1. The van der Waals surface area contributed by atoms with Gasteiger partial charge in [0.25, 0.3) is 10.1 Å². The topological polar surface area (TPSA) is 120 Å². The maximum atomic E-state index is 14.1. The van der Waals surface area contributed by atoms with E-state index >= 15 is 0 Å². The molecule has 0 aliphatic carbocycles. The first-order valence-corrected chi connectivity index (χ1v) is 15.0. The number of carbonyl (C=O) groups is 1. The number of anilines is 1. The Labute approximate surface area is 253 Å². The lowest BCUT2D eigenvalue weighted by atomic mass is 10.0. The monoisotopic (exact) mass is 633 g/mol. The molecule has 0 radical (unpaired) electrons. The van der Waals surface area contributed by atoms with Gasteiger partial charge in [-0.2, -0.15) is 26.7 Å². The second-order valence-electron chi connectivity index (χ2n) is 11.6. The molecule has 0 spiro atoms. The second kappa shape index (κ2) is 12.3. The maximum absolute atomic E-state index is 14.1. The molecule has 0 bridgehead atoms. The average Bonchev–Trinajstić information content (AvgIpc) is 3.37. The summed E-state index contributed by atoms with van der Waals surface area (Å²) in [5.74, 6) is -0.227. The van der Waals surface area contributed by atoms with Crippen LogP contribution < -0.4 is 5.32 Å². The number of aliphatic hydroxyl groups is 1. The molecule has 1 atom stereocenters. The van der Waals surface area contributed by atoms with Gasteiger partial charge < -0.3 is 15.2 Å². The number of alkyl halides is 3. The first-order chi connectivity index (χ1) is 20.4. The van der Waals surface area contributed by atoms with Gasteiger partial charge in [-0.3, -0.25) is 8.98 Å². The van der Waals surface area contributed by atoms with Gasteiger partial charge in [0.15, 0.2) is 5.78 Å². The second-order valence-corrected chi connectivity index (χ2v) is 13.2. The third kappa shape index (κ3) is 7.65. The van der Waals surface area contributed by atoms with E-state index in [1.54, 1.807) is 54.9 Å². The smallest absolute Gasteiger partial charge is 0.381 e. The van der Waals surface area contributed by atoms with E-state index < -0.39 is 40.6 Å². The highest BCUT2D eigenvalue weighted by molar-refractivity contribution is 7.86. The Morgan fingerprint density at radius 1 is 1.00 bits per heavy atom. The Morgan fingerprint density at radius 3 is 2.32 bits per heavy atom. The van der Waals surface area contributed by atoms with Crippen LogP contribution in [0.2, 0.25) is 0 Å². The number of Topliss-reactive ketones (excluding diaryl/α,β-unsaturated/α-hetero) is 1. The number of carbonyl (C=O) groups excluding carboxylic acids is 1. The van der Waals surface area contributed by atoms with Crippen molar-refractivity contribution in [2.75, 3.05) is 25.1 Å². The summed E-state index contributed by atoms with van der Waals surface area (Å²) >= 11 is 0. The molecule has 0 aliphatic heterocycles. The molecule has 0 saturated heterocycles. The van der Waals surface area contributed by atoms with Crippen molar-refractivity contribution in [3.8, 4) is 5.69 Å². The van der Waals surface area contributed by atoms with Crippen LogP contribution in [0.4, 0.5) is 18.9 Å². The third-order valence-corrected chi connectivity index (χ3v) is 8.02. The molecule has 13 heteroatoms. The zero-order chi connectivity index (χ0) is 32.5. The Hall–Kier alpha value is -3.78. The molecule has 44 heavy (non-hydrogen) atoms. The van der Waals surface area contributed by atoms with Gasteiger partial charge in [0.2, 0.25) is 5.60 Å². The van der Waals surface area contributed by atoms with Gasteiger partial charge >= 0.3 is 6.18 Å². The molecule has 0 saturated carbocycles. The van der Waals surface area contributed by atoms with Gasteiger partial charge in [-0.05, 0) is 76.6 Å². The molecule has 9 nitrogen and oxygen atoms in total. The van der Waals surface area contributed by atoms with Gasteiger partial charge in [-0.15, -0.1) is 0 Å². The number of rotatable bonds is 11. The van der Waals surface area contributed by atoms with E-state index in [0.717, 1.165) is 5.56 Å². The Morgan fingerprint density at radius 2 is 1.68 bits per heavy atom. The van der Waals surface area contributed by atoms with E-state index in [0.29, 0.717) is 27.7 Å². The van der Waals surface area contributed by atoms with Crippen LogP contribution in [0.3, 0.4) is 0 Å². The predicted molar refractivity (Wildman–Crippen MR) is 160 cm³/mol. The van der Waals surface area contributed by atoms with E-state index in [2.05, 4.69) is 14.6 Å². The number of ketones is 1. The van der Waals surface area contributed by atoms with E-state index in [9.17, 15) is 31.5 Å². The fourth-order valence-electron chi connectivity index (χ4n) is 4.22. The Bertz CT molecular complexity index is 1760. The van der Waals surface area contributed by atoms with E-state index in [1.807, 2.05) is 20.8 Å². The largest absolute Gasteiger partial charge is 0.421 e. The summed E-state index contributed by atoms with van der Waals surface area (Å²) in [5, 5.41) is 18.1. The standard InChI is InChI=1S/C31H34F3N3O6S/c1-20-9-11-24(12-10-20)44(40,41)43-19-30(39,31(32,33)34)18-35-26-13-21(2)14-27-25(26)16-36-37(27)23-8-6-7-22(15-23)28(38)17-42-29(3,4)5/h6-16,35,39H,17-19H2,1-5H3. The van der Waals surface area contributed by atoms with Crippen molar-refractivity contribution in [3.63, 3.8) is 0 Å². The van der Waals surface area contributed by atoms with Gasteiger partial charge in [-0.1, -0.05) is 29.8 Å². The number of benzene rings is 3. The molecule has 4 aromatic rings. The lowest BCUT2D eigenvalue weighted by Crippen LogP contribution is -2.54. The third-order valence-electron chi connectivity index (χ3n) is 6.74. The van der Waals surface area contributed by atoms with Gasteiger partial charge in [0, 0.05) is 16.6 Å². The molecule has 4 rings (SSSR count). The molecular weight excluding hydrogens is 599 g/mol. The first-order valence-electron chi connectivity index (χ1n) is 13.6. The van der Waals surface area contributed by atoms with E-state index in [-0.39, 0.29) is 23.0 Å². The zero-order valence-corrected chi connectivity index (χ0v) is 25.7. The number of fused-ring (bicyclic) bond motifs is 1. The predicted octanol–water partition coefficient (Wildman–Crippen LogP) is 5.75. The van der Waals surface area contributed by atoms with E-state index in [4.69, 9.17) is 4.74 Å². The Kier molecular flexibility index (Phi) is 9.27. The van der Waals surface area contributed by atoms with Crippen molar-refractivity contribution in [3.05, 3.63) is 83.6 Å². The van der Waals surface area contributed by atoms with Crippen LogP contribution in [-0.4, -0.2) is 66.2 Å². The van der Waals surface area contributed by atoms with Gasteiger partial charge in [0.1, 0.15) is 13.2 Å². The van der Waals surface area contributed by atoms with Crippen molar-refractivity contribution in [1.29, 1.82) is 0 Å². The quantitative estimate of drug-likeness (QED) is 0.158. The minimum absolute atomic E-state index is 0.113. The van der Waals surface area contributed by atoms with Crippen LogP contribution in [0.1, 0.15) is 42.3 Å². The number of hydrogen-bond acceptors (Lipinski definition) is 8. The molecule has 2 N–H and O–H groups in total. The molecule has 236 valence electrons. The molecule has 3 aromatic carbocycles. The maximum Gasteiger partial charge on any atom is 0.421 e. The SMILES string of the molecule is Cc1ccc(S(=O)(=O)OCC(O)(CNc2cc(C)cc3c2cnn3-c2cccc(C(=O)COC(C)(C)C)c2)C(F)(F)F)cc1. The highest BCUT2D eigenvalue weighted by Crippen LogP contribution is 2.34. The highest BCUT2D eigenvalue weighted by Gasteiger charge is 2.55. The summed E-state index contributed by atoms with van der Waals surface area (Å²) in [4.78, 5) is 12.4. The number of ether oxygens (including phenoxy) is 1. The molecule has 0 amide bonds. The summed E-state index contributed by atoms with van der Waals surface area (Å²) in [6.07, 6.45) is -3.79. The molecule has 0 aliphatic rings. The molecule has 0 fully saturated rings.